The summed E-state index contributed by atoms with van der Waals surface area (Å²) in [6.45, 7) is 3.75. The highest BCUT2D eigenvalue weighted by molar-refractivity contribution is 7.90. The van der Waals surface area contributed by atoms with Gasteiger partial charge in [0, 0.05) is 24.9 Å². The van der Waals surface area contributed by atoms with Crippen molar-refractivity contribution in [2.45, 2.75) is 38.3 Å². The Kier molecular flexibility index (Phi) is 5.21. The molecule has 4 nitrogen and oxygen atoms in total. The molecule has 0 spiro atoms. The molecule has 0 aromatic carbocycles. The Morgan fingerprint density at radius 1 is 1.38 bits per heavy atom. The second-order valence-corrected chi connectivity index (χ2v) is 7.03. The Morgan fingerprint density at radius 2 is 2.06 bits per heavy atom. The van der Waals surface area contributed by atoms with Crippen LogP contribution in [0.2, 0.25) is 0 Å². The zero-order valence-corrected chi connectivity index (χ0v) is 11.4. The van der Waals surface area contributed by atoms with Crippen LogP contribution in [-0.4, -0.2) is 57.5 Å². The Labute approximate surface area is 99.3 Å². The first-order valence-electron chi connectivity index (χ1n) is 6.05. The third-order valence-corrected chi connectivity index (χ3v) is 4.25. The molecule has 0 bridgehead atoms. The lowest BCUT2D eigenvalue weighted by Crippen LogP contribution is -2.46. The number of hydrogen-bond donors (Lipinski definition) is 1. The second kappa shape index (κ2) is 5.98. The third kappa shape index (κ3) is 4.39. The van der Waals surface area contributed by atoms with Crippen molar-refractivity contribution >= 4 is 9.84 Å². The molecule has 0 aromatic heterocycles. The van der Waals surface area contributed by atoms with Crippen LogP contribution < -0.4 is 5.32 Å². The largest absolute Gasteiger partial charge is 0.313 e. The van der Waals surface area contributed by atoms with Crippen LogP contribution in [0.15, 0.2) is 0 Å². The van der Waals surface area contributed by atoms with Gasteiger partial charge in [-0.3, -0.25) is 0 Å². The van der Waals surface area contributed by atoms with Crippen molar-refractivity contribution in [1.29, 1.82) is 0 Å². The maximum Gasteiger partial charge on any atom is 0.148 e. The molecule has 1 aliphatic carbocycles. The number of rotatable bonds is 6. The van der Waals surface area contributed by atoms with Gasteiger partial charge in [-0.1, -0.05) is 13.3 Å². The molecule has 1 N–H and O–H groups in total. The van der Waals surface area contributed by atoms with Crippen LogP contribution in [0.25, 0.3) is 0 Å². The zero-order valence-electron chi connectivity index (χ0n) is 10.6. The molecule has 0 aliphatic heterocycles. The van der Waals surface area contributed by atoms with E-state index in [1.807, 2.05) is 7.05 Å². The summed E-state index contributed by atoms with van der Waals surface area (Å²) in [6, 6.07) is 1.04. The molecule has 0 saturated heterocycles. The van der Waals surface area contributed by atoms with Crippen molar-refractivity contribution in [1.82, 2.24) is 10.2 Å². The van der Waals surface area contributed by atoms with Crippen LogP contribution in [0.5, 0.6) is 0 Å². The lowest BCUT2D eigenvalue weighted by molar-refractivity contribution is 0.223. The van der Waals surface area contributed by atoms with E-state index in [4.69, 9.17) is 0 Å². The fourth-order valence-electron chi connectivity index (χ4n) is 2.44. The predicted octanol–water partition coefficient (Wildman–Crippen LogP) is 0.493. The Hall–Kier alpha value is -0.130. The van der Waals surface area contributed by atoms with Crippen molar-refractivity contribution in [3.63, 3.8) is 0 Å². The molecule has 5 heteroatoms. The molecule has 96 valence electrons. The Morgan fingerprint density at radius 3 is 2.62 bits per heavy atom. The minimum atomic E-state index is -2.84. The fourth-order valence-corrected chi connectivity index (χ4v) is 3.06. The predicted molar refractivity (Wildman–Crippen MR) is 67.4 cm³/mol. The maximum absolute atomic E-state index is 11.1. The van der Waals surface area contributed by atoms with Crippen LogP contribution in [0, 0.1) is 0 Å². The van der Waals surface area contributed by atoms with Gasteiger partial charge in [-0.2, -0.15) is 0 Å². The van der Waals surface area contributed by atoms with E-state index in [1.165, 1.54) is 25.5 Å². The van der Waals surface area contributed by atoms with Gasteiger partial charge in [0.1, 0.15) is 9.84 Å². The van der Waals surface area contributed by atoms with Crippen molar-refractivity contribution in [3.8, 4) is 0 Å². The van der Waals surface area contributed by atoms with Crippen molar-refractivity contribution in [2.75, 3.05) is 32.1 Å². The van der Waals surface area contributed by atoms with Gasteiger partial charge in [0.15, 0.2) is 0 Å². The highest BCUT2D eigenvalue weighted by Crippen LogP contribution is 2.23. The zero-order chi connectivity index (χ0) is 12.2. The monoisotopic (exact) mass is 248 g/mol. The van der Waals surface area contributed by atoms with E-state index < -0.39 is 9.84 Å². The molecule has 1 rings (SSSR count). The van der Waals surface area contributed by atoms with Gasteiger partial charge < -0.3 is 10.2 Å². The number of sulfone groups is 1. The molecule has 1 fully saturated rings. The van der Waals surface area contributed by atoms with Crippen LogP contribution in [0.1, 0.15) is 26.2 Å². The molecule has 16 heavy (non-hydrogen) atoms. The van der Waals surface area contributed by atoms with Gasteiger partial charge in [-0.25, -0.2) is 8.42 Å². The van der Waals surface area contributed by atoms with E-state index in [9.17, 15) is 8.42 Å². The highest BCUT2D eigenvalue weighted by atomic mass is 32.2. The minimum Gasteiger partial charge on any atom is -0.313 e. The van der Waals surface area contributed by atoms with Crippen molar-refractivity contribution < 1.29 is 8.42 Å². The van der Waals surface area contributed by atoms with E-state index >= 15 is 0 Å². The summed E-state index contributed by atoms with van der Waals surface area (Å²) >= 11 is 0. The lowest BCUT2D eigenvalue weighted by Gasteiger charge is -2.29. The first-order valence-corrected chi connectivity index (χ1v) is 8.11. The quantitative estimate of drug-likeness (QED) is 0.743. The highest BCUT2D eigenvalue weighted by Gasteiger charge is 2.29. The van der Waals surface area contributed by atoms with Crippen LogP contribution in [-0.2, 0) is 9.84 Å². The molecular formula is C11H24N2O2S. The van der Waals surface area contributed by atoms with Gasteiger partial charge in [0.25, 0.3) is 0 Å². The first-order chi connectivity index (χ1) is 7.44. The molecule has 2 unspecified atom stereocenters. The van der Waals surface area contributed by atoms with Gasteiger partial charge >= 0.3 is 0 Å². The van der Waals surface area contributed by atoms with E-state index in [2.05, 4.69) is 17.1 Å². The summed E-state index contributed by atoms with van der Waals surface area (Å²) in [5, 5.41) is 3.48. The van der Waals surface area contributed by atoms with E-state index in [0.29, 0.717) is 18.6 Å². The van der Waals surface area contributed by atoms with Crippen molar-refractivity contribution in [2.24, 2.45) is 0 Å². The summed E-state index contributed by atoms with van der Waals surface area (Å²) in [7, 11) is -0.807. The molecule has 0 amide bonds. The van der Waals surface area contributed by atoms with Gasteiger partial charge in [0.2, 0.25) is 0 Å². The van der Waals surface area contributed by atoms with Gasteiger partial charge in [-0.05, 0) is 26.4 Å². The number of likely N-dealkylation sites (N-methyl/N-ethyl adjacent to an activating group) is 2. The summed E-state index contributed by atoms with van der Waals surface area (Å²) in [5.41, 5.74) is 0. The second-order valence-electron chi connectivity index (χ2n) is 4.77. The summed E-state index contributed by atoms with van der Waals surface area (Å²) in [5.74, 6) is 0.263. The first kappa shape index (κ1) is 13.9. The molecule has 1 saturated carbocycles. The van der Waals surface area contributed by atoms with Crippen LogP contribution in [0.3, 0.4) is 0 Å². The number of hydrogen-bond acceptors (Lipinski definition) is 4. The average molecular weight is 248 g/mol. The minimum absolute atomic E-state index is 0.263. The van der Waals surface area contributed by atoms with Gasteiger partial charge in [0.05, 0.1) is 5.75 Å². The smallest absolute Gasteiger partial charge is 0.148 e. The molecule has 0 heterocycles. The number of nitrogens with one attached hydrogen (secondary N) is 1. The molecular weight excluding hydrogens is 224 g/mol. The molecule has 0 aromatic rings. The summed E-state index contributed by atoms with van der Waals surface area (Å²) < 4.78 is 22.2. The number of nitrogens with zero attached hydrogens (tertiary/aromatic N) is 1. The van der Waals surface area contributed by atoms with Gasteiger partial charge in [-0.15, -0.1) is 0 Å². The van der Waals surface area contributed by atoms with E-state index in [-0.39, 0.29) is 5.75 Å². The topological polar surface area (TPSA) is 49.4 Å². The molecule has 1 aliphatic rings. The lowest BCUT2D eigenvalue weighted by atomic mass is 10.1. The normalized spacial score (nSPS) is 26.5. The standard InChI is InChI=1S/C11H24N2O2S/c1-4-12-10-6-5-7-11(10)13(2)8-9-16(3,14)15/h10-12H,4-9H2,1-3H3. The van der Waals surface area contributed by atoms with E-state index in [1.54, 1.807) is 0 Å². The fraction of sp³-hybridized carbons (Fsp3) is 1.00. The van der Waals surface area contributed by atoms with Crippen LogP contribution >= 0.6 is 0 Å². The maximum atomic E-state index is 11.1. The Balaban J connectivity index is 2.43. The third-order valence-electron chi connectivity index (χ3n) is 3.33. The van der Waals surface area contributed by atoms with Crippen molar-refractivity contribution in [3.05, 3.63) is 0 Å². The Bertz CT molecular complexity index is 303. The summed E-state index contributed by atoms with van der Waals surface area (Å²) in [6.07, 6.45) is 4.93. The molecule has 0 radical (unpaired) electrons. The molecule has 2 atom stereocenters. The van der Waals surface area contributed by atoms with E-state index in [0.717, 1.165) is 6.54 Å². The average Bonchev–Trinajstić information content (AvgIpc) is 2.62. The SMILES string of the molecule is CCNC1CCCC1N(C)CCS(C)(=O)=O. The summed E-state index contributed by atoms with van der Waals surface area (Å²) in [4.78, 5) is 2.20. The van der Waals surface area contributed by atoms with Crippen LogP contribution in [0.4, 0.5) is 0 Å².